The van der Waals surface area contributed by atoms with Crippen molar-refractivity contribution in [2.45, 2.75) is 64.5 Å². The summed E-state index contributed by atoms with van der Waals surface area (Å²) < 4.78 is 10.9. The molecule has 158 valence electrons. The Morgan fingerprint density at radius 3 is 2.64 bits per heavy atom. The lowest BCUT2D eigenvalue weighted by Crippen LogP contribution is -2.37. The highest BCUT2D eigenvalue weighted by Gasteiger charge is 2.18. The van der Waals surface area contributed by atoms with Crippen LogP contribution in [0.25, 0.3) is 0 Å². The van der Waals surface area contributed by atoms with Gasteiger partial charge in [-0.2, -0.15) is 0 Å². The molecule has 1 saturated carbocycles. The van der Waals surface area contributed by atoms with Crippen LogP contribution in [0.15, 0.2) is 23.2 Å². The molecule has 1 fully saturated rings. The molecule has 2 rings (SSSR count). The number of hydrogen-bond acceptors (Lipinski definition) is 4. The van der Waals surface area contributed by atoms with Gasteiger partial charge >= 0.3 is 5.97 Å². The van der Waals surface area contributed by atoms with Crippen molar-refractivity contribution in [1.29, 1.82) is 0 Å². The number of nitrogens with one attached hydrogen (secondary N) is 2. The number of unbranched alkanes of at least 4 members (excludes halogenated alkanes) is 1. The van der Waals surface area contributed by atoms with Gasteiger partial charge in [0.2, 0.25) is 0 Å². The van der Waals surface area contributed by atoms with E-state index in [1.54, 1.807) is 7.05 Å². The lowest BCUT2D eigenvalue weighted by atomic mass is 10.1. The second kappa shape index (κ2) is 13.6. The lowest BCUT2D eigenvalue weighted by molar-refractivity contribution is -0.140. The van der Waals surface area contributed by atoms with E-state index in [9.17, 15) is 4.79 Å². The summed E-state index contributed by atoms with van der Waals surface area (Å²) in [6.45, 7) is 3.51. The SMILES string of the molecule is CN=C(NCCCCC(=O)OC)NCc1ccc(C)cc1OC1CCCC1.I. The number of aryl methyl sites for hydroxylation is 1. The maximum atomic E-state index is 11.1. The summed E-state index contributed by atoms with van der Waals surface area (Å²) >= 11 is 0. The predicted molar refractivity (Wildman–Crippen MR) is 124 cm³/mol. The van der Waals surface area contributed by atoms with Gasteiger partial charge < -0.3 is 20.1 Å². The second-order valence-electron chi connectivity index (χ2n) is 7.02. The third-order valence-electron chi connectivity index (χ3n) is 4.82. The molecule has 0 saturated heterocycles. The third-order valence-corrected chi connectivity index (χ3v) is 4.82. The molecule has 1 aliphatic carbocycles. The van der Waals surface area contributed by atoms with Crippen LogP contribution in [0, 0.1) is 6.92 Å². The van der Waals surface area contributed by atoms with Gasteiger partial charge in [-0.25, -0.2) is 0 Å². The second-order valence-corrected chi connectivity index (χ2v) is 7.02. The van der Waals surface area contributed by atoms with E-state index in [1.165, 1.54) is 25.5 Å². The van der Waals surface area contributed by atoms with E-state index >= 15 is 0 Å². The zero-order valence-corrected chi connectivity index (χ0v) is 19.6. The summed E-state index contributed by atoms with van der Waals surface area (Å²) in [5.74, 6) is 1.56. The number of carbonyl (C=O) groups excluding carboxylic acids is 1. The maximum absolute atomic E-state index is 11.1. The Hall–Kier alpha value is -1.51. The van der Waals surface area contributed by atoms with Crippen molar-refractivity contribution in [3.05, 3.63) is 29.3 Å². The lowest BCUT2D eigenvalue weighted by Gasteiger charge is -2.18. The van der Waals surface area contributed by atoms with Crippen LogP contribution in [-0.2, 0) is 16.1 Å². The van der Waals surface area contributed by atoms with E-state index in [-0.39, 0.29) is 29.9 Å². The van der Waals surface area contributed by atoms with Crippen LogP contribution in [0.3, 0.4) is 0 Å². The fourth-order valence-corrected chi connectivity index (χ4v) is 3.21. The third kappa shape index (κ3) is 8.67. The summed E-state index contributed by atoms with van der Waals surface area (Å²) in [5.41, 5.74) is 2.35. The zero-order chi connectivity index (χ0) is 19.5. The van der Waals surface area contributed by atoms with E-state index in [0.717, 1.165) is 49.5 Å². The molecule has 1 aromatic rings. The highest BCUT2D eigenvalue weighted by Crippen LogP contribution is 2.27. The molecule has 7 heteroatoms. The Morgan fingerprint density at radius 2 is 1.96 bits per heavy atom. The normalized spacial score (nSPS) is 14.3. The number of carbonyl (C=O) groups is 1. The molecule has 0 unspecified atom stereocenters. The average molecular weight is 503 g/mol. The molecule has 1 aliphatic rings. The number of guanidine groups is 1. The topological polar surface area (TPSA) is 72.0 Å². The van der Waals surface area contributed by atoms with Crippen molar-refractivity contribution in [2.24, 2.45) is 4.99 Å². The molecule has 0 aromatic heterocycles. The van der Waals surface area contributed by atoms with Crippen molar-refractivity contribution in [3.8, 4) is 5.75 Å². The van der Waals surface area contributed by atoms with Gasteiger partial charge in [-0.05, 0) is 57.1 Å². The van der Waals surface area contributed by atoms with Gasteiger partial charge in [0, 0.05) is 32.1 Å². The number of benzene rings is 1. The Labute approximate surface area is 185 Å². The van der Waals surface area contributed by atoms with E-state index in [4.69, 9.17) is 4.74 Å². The van der Waals surface area contributed by atoms with E-state index in [1.807, 2.05) is 0 Å². The fraction of sp³-hybridized carbons (Fsp3) is 0.619. The minimum atomic E-state index is -0.160. The minimum absolute atomic E-state index is 0. The average Bonchev–Trinajstić information content (AvgIpc) is 3.18. The molecule has 0 radical (unpaired) electrons. The number of aliphatic imine (C=N–C) groups is 1. The van der Waals surface area contributed by atoms with Crippen LogP contribution >= 0.6 is 24.0 Å². The summed E-state index contributed by atoms with van der Waals surface area (Å²) in [7, 11) is 3.18. The fourth-order valence-electron chi connectivity index (χ4n) is 3.21. The van der Waals surface area contributed by atoms with Crippen LogP contribution in [-0.4, -0.2) is 38.7 Å². The molecule has 6 nitrogen and oxygen atoms in total. The molecular formula is C21H34IN3O3. The molecule has 0 heterocycles. The quantitative estimate of drug-likeness (QED) is 0.176. The molecule has 0 atom stereocenters. The summed E-state index contributed by atoms with van der Waals surface area (Å²) in [6, 6.07) is 6.36. The van der Waals surface area contributed by atoms with E-state index < -0.39 is 0 Å². The number of hydrogen-bond donors (Lipinski definition) is 2. The van der Waals surface area contributed by atoms with Gasteiger partial charge in [-0.3, -0.25) is 9.79 Å². The molecule has 0 bridgehead atoms. The highest BCUT2D eigenvalue weighted by molar-refractivity contribution is 14.0. The van der Waals surface area contributed by atoms with Crippen molar-refractivity contribution in [3.63, 3.8) is 0 Å². The van der Waals surface area contributed by atoms with E-state index in [2.05, 4.69) is 45.5 Å². The number of ether oxygens (including phenoxy) is 2. The van der Waals surface area contributed by atoms with Crippen molar-refractivity contribution >= 4 is 35.9 Å². The monoisotopic (exact) mass is 503 g/mol. The van der Waals surface area contributed by atoms with Gasteiger partial charge in [0.1, 0.15) is 5.75 Å². The first-order valence-corrected chi connectivity index (χ1v) is 9.90. The van der Waals surface area contributed by atoms with Gasteiger partial charge in [-0.1, -0.05) is 12.1 Å². The van der Waals surface area contributed by atoms with Crippen molar-refractivity contribution in [2.75, 3.05) is 20.7 Å². The van der Waals surface area contributed by atoms with Crippen LogP contribution in [0.2, 0.25) is 0 Å². The Morgan fingerprint density at radius 1 is 1.21 bits per heavy atom. The van der Waals surface area contributed by atoms with Crippen LogP contribution in [0.1, 0.15) is 56.1 Å². The molecule has 1 aromatic carbocycles. The summed E-state index contributed by atoms with van der Waals surface area (Å²) in [5, 5.41) is 6.63. The number of rotatable bonds is 9. The predicted octanol–water partition coefficient (Wildman–Crippen LogP) is 3.94. The molecule has 28 heavy (non-hydrogen) atoms. The van der Waals surface area contributed by atoms with Crippen LogP contribution in [0.5, 0.6) is 5.75 Å². The minimum Gasteiger partial charge on any atom is -0.490 e. The molecular weight excluding hydrogens is 469 g/mol. The van der Waals surface area contributed by atoms with Gasteiger partial charge in [0.15, 0.2) is 5.96 Å². The van der Waals surface area contributed by atoms with Crippen molar-refractivity contribution in [1.82, 2.24) is 10.6 Å². The summed E-state index contributed by atoms with van der Waals surface area (Å²) in [6.07, 6.45) is 7.30. The molecule has 0 aliphatic heterocycles. The number of halogens is 1. The first kappa shape index (κ1) is 24.5. The van der Waals surface area contributed by atoms with E-state index in [0.29, 0.717) is 19.1 Å². The van der Waals surface area contributed by atoms with Gasteiger partial charge in [-0.15, -0.1) is 24.0 Å². The maximum Gasteiger partial charge on any atom is 0.305 e. The number of esters is 1. The van der Waals surface area contributed by atoms with Crippen LogP contribution in [0.4, 0.5) is 0 Å². The zero-order valence-electron chi connectivity index (χ0n) is 17.3. The number of methoxy groups -OCH3 is 1. The number of nitrogens with zero attached hydrogens (tertiary/aromatic N) is 1. The first-order valence-electron chi connectivity index (χ1n) is 9.90. The highest BCUT2D eigenvalue weighted by atomic mass is 127. The molecule has 0 amide bonds. The smallest absolute Gasteiger partial charge is 0.305 e. The Balaban J connectivity index is 0.00000392. The largest absolute Gasteiger partial charge is 0.490 e. The summed E-state index contributed by atoms with van der Waals surface area (Å²) in [4.78, 5) is 15.4. The van der Waals surface area contributed by atoms with Gasteiger partial charge in [0.25, 0.3) is 0 Å². The molecule has 2 N–H and O–H groups in total. The van der Waals surface area contributed by atoms with Gasteiger partial charge in [0.05, 0.1) is 13.2 Å². The molecule has 0 spiro atoms. The van der Waals surface area contributed by atoms with Crippen molar-refractivity contribution < 1.29 is 14.3 Å². The first-order chi connectivity index (χ1) is 13.1. The Kier molecular flexibility index (Phi) is 11.9. The van der Waals surface area contributed by atoms with Crippen LogP contribution < -0.4 is 15.4 Å². The standard InChI is InChI=1S/C21H33N3O3.HI/c1-16-11-12-17(19(14-16)27-18-8-4-5-9-18)15-24-21(22-2)23-13-7-6-10-20(25)26-3;/h11-12,14,18H,4-10,13,15H2,1-3H3,(H2,22,23,24);1H. The Bertz CT molecular complexity index is 631.